The number of carbonyl (C=O) groups excluding carboxylic acids is 1. The molecule has 1 aliphatic rings. The number of non-ortho nitro benzene ring substituents is 1. The zero-order chi connectivity index (χ0) is 23.0. The Kier molecular flexibility index (Phi) is 6.13. The summed E-state index contributed by atoms with van der Waals surface area (Å²) >= 11 is 11.8. The van der Waals surface area contributed by atoms with Crippen molar-refractivity contribution in [2.24, 2.45) is 0 Å². The van der Waals surface area contributed by atoms with Crippen LogP contribution in [0.15, 0.2) is 53.6 Å². The molecule has 0 spiro atoms. The van der Waals surface area contributed by atoms with E-state index < -0.39 is 14.9 Å². The average Bonchev–Trinajstić information content (AvgIpc) is 3.17. The van der Waals surface area contributed by atoms with Crippen LogP contribution < -0.4 is 0 Å². The summed E-state index contributed by atoms with van der Waals surface area (Å²) in [7, 11) is -3.75. The molecule has 1 saturated heterocycles. The van der Waals surface area contributed by atoms with E-state index in [4.69, 9.17) is 23.2 Å². The highest BCUT2D eigenvalue weighted by Crippen LogP contribution is 2.27. The molecule has 4 rings (SSSR count). The third kappa shape index (κ3) is 4.31. The fourth-order valence-corrected chi connectivity index (χ4v) is 5.46. The maximum absolute atomic E-state index is 12.9. The number of nitro benzene ring substituents is 1. The van der Waals surface area contributed by atoms with Crippen molar-refractivity contribution in [3.8, 4) is 0 Å². The predicted molar refractivity (Wildman–Crippen MR) is 120 cm³/mol. The Hall–Kier alpha value is -2.66. The zero-order valence-electron chi connectivity index (χ0n) is 16.6. The number of benzene rings is 2. The van der Waals surface area contributed by atoms with Crippen LogP contribution in [-0.4, -0.2) is 59.2 Å². The number of sulfonamides is 1. The third-order valence-electron chi connectivity index (χ3n) is 5.39. The maximum atomic E-state index is 12.9. The molecule has 1 aliphatic heterocycles. The Bertz CT molecular complexity index is 1320. The summed E-state index contributed by atoms with van der Waals surface area (Å²) in [6, 6.07) is 10.4. The van der Waals surface area contributed by atoms with E-state index in [1.54, 1.807) is 27.8 Å². The molecule has 1 aromatic heterocycles. The summed E-state index contributed by atoms with van der Waals surface area (Å²) in [5, 5.41) is 12.0. The van der Waals surface area contributed by atoms with Crippen molar-refractivity contribution in [1.82, 2.24) is 13.8 Å². The second kappa shape index (κ2) is 8.70. The fourth-order valence-electron chi connectivity index (χ4n) is 3.65. The number of rotatable bonds is 5. The quantitative estimate of drug-likeness (QED) is 0.397. The predicted octanol–water partition coefficient (Wildman–Crippen LogP) is 3.39. The fraction of sp³-hybridized carbons (Fsp3) is 0.250. The lowest BCUT2D eigenvalue weighted by molar-refractivity contribution is -0.384. The van der Waals surface area contributed by atoms with Gasteiger partial charge in [-0.3, -0.25) is 14.9 Å². The topological polar surface area (TPSA) is 106 Å². The first-order valence-corrected chi connectivity index (χ1v) is 11.8. The van der Waals surface area contributed by atoms with Gasteiger partial charge in [-0.2, -0.15) is 4.31 Å². The van der Waals surface area contributed by atoms with E-state index in [1.807, 2.05) is 0 Å². The lowest BCUT2D eigenvalue weighted by Gasteiger charge is -2.34. The molecule has 168 valence electrons. The SMILES string of the molecule is O=C(Cn1ccc2cc([N+](=O)[O-])ccc21)N1CCN(S(=O)(=O)c2ccc(Cl)c(Cl)c2)CC1. The standard InChI is InChI=1S/C20H18Cl2N4O5S/c21-17-3-2-16(12-18(17)22)32(30,31)25-9-7-23(8-10-25)20(27)13-24-6-5-14-11-15(26(28)29)1-4-19(14)24/h1-6,11-12H,7-10,13H2. The second-order valence-electron chi connectivity index (χ2n) is 7.30. The van der Waals surface area contributed by atoms with Crippen molar-refractivity contribution in [1.29, 1.82) is 0 Å². The van der Waals surface area contributed by atoms with Gasteiger partial charge in [-0.1, -0.05) is 23.2 Å². The molecule has 0 radical (unpaired) electrons. The van der Waals surface area contributed by atoms with Crippen molar-refractivity contribution >= 4 is 55.7 Å². The molecule has 0 aliphatic carbocycles. The van der Waals surface area contributed by atoms with Gasteiger partial charge in [-0.15, -0.1) is 0 Å². The first kappa shape index (κ1) is 22.5. The molecule has 0 saturated carbocycles. The molecule has 9 nitrogen and oxygen atoms in total. The van der Waals surface area contributed by atoms with Gasteiger partial charge in [0.2, 0.25) is 15.9 Å². The summed E-state index contributed by atoms with van der Waals surface area (Å²) in [5.74, 6) is -0.160. The maximum Gasteiger partial charge on any atom is 0.270 e. The van der Waals surface area contributed by atoms with Crippen LogP contribution in [0.5, 0.6) is 0 Å². The smallest absolute Gasteiger partial charge is 0.270 e. The monoisotopic (exact) mass is 496 g/mol. The second-order valence-corrected chi connectivity index (χ2v) is 10.1. The van der Waals surface area contributed by atoms with Crippen molar-refractivity contribution < 1.29 is 18.1 Å². The molecule has 3 aromatic rings. The van der Waals surface area contributed by atoms with E-state index in [1.165, 1.54) is 34.6 Å². The molecule has 1 amide bonds. The van der Waals surface area contributed by atoms with Crippen molar-refractivity contribution in [2.75, 3.05) is 26.2 Å². The van der Waals surface area contributed by atoms with Crippen LogP contribution in [0.4, 0.5) is 5.69 Å². The van der Waals surface area contributed by atoms with Crippen LogP contribution in [0.1, 0.15) is 0 Å². The molecule has 0 atom stereocenters. The molecule has 2 heterocycles. The van der Waals surface area contributed by atoms with Crippen LogP contribution in [0.25, 0.3) is 10.9 Å². The van der Waals surface area contributed by atoms with Crippen LogP contribution >= 0.6 is 23.2 Å². The number of fused-ring (bicyclic) bond motifs is 1. The van der Waals surface area contributed by atoms with Crippen molar-refractivity contribution in [3.63, 3.8) is 0 Å². The van der Waals surface area contributed by atoms with Crippen molar-refractivity contribution in [2.45, 2.75) is 11.4 Å². The Morgan fingerprint density at radius 2 is 1.72 bits per heavy atom. The van der Waals surface area contributed by atoms with Gasteiger partial charge in [0.15, 0.2) is 0 Å². The lowest BCUT2D eigenvalue weighted by Crippen LogP contribution is -2.51. The Morgan fingerprint density at radius 3 is 2.38 bits per heavy atom. The van der Waals surface area contributed by atoms with Crippen LogP contribution in [0.2, 0.25) is 10.0 Å². The van der Waals surface area contributed by atoms with E-state index in [9.17, 15) is 23.3 Å². The summed E-state index contributed by atoms with van der Waals surface area (Å²) < 4.78 is 28.8. The number of hydrogen-bond acceptors (Lipinski definition) is 5. The van der Waals surface area contributed by atoms with Gasteiger partial charge in [-0.25, -0.2) is 8.42 Å². The molecule has 2 aromatic carbocycles. The number of aromatic nitrogens is 1. The molecule has 1 fully saturated rings. The zero-order valence-corrected chi connectivity index (χ0v) is 19.0. The van der Waals surface area contributed by atoms with E-state index in [-0.39, 0.29) is 59.3 Å². The lowest BCUT2D eigenvalue weighted by atomic mass is 10.2. The number of nitro groups is 1. The normalized spacial score (nSPS) is 15.2. The first-order chi connectivity index (χ1) is 15.2. The molecule has 32 heavy (non-hydrogen) atoms. The molecular formula is C20H18Cl2N4O5S. The minimum atomic E-state index is -3.75. The van der Waals surface area contributed by atoms with E-state index in [2.05, 4.69) is 0 Å². The Morgan fingerprint density at radius 1 is 1.00 bits per heavy atom. The summed E-state index contributed by atoms with van der Waals surface area (Å²) in [5.41, 5.74) is 0.700. The highest BCUT2D eigenvalue weighted by molar-refractivity contribution is 7.89. The van der Waals surface area contributed by atoms with Gasteiger partial charge in [0.25, 0.3) is 5.69 Å². The van der Waals surface area contributed by atoms with Crippen LogP contribution in [-0.2, 0) is 21.4 Å². The van der Waals surface area contributed by atoms with E-state index in [0.29, 0.717) is 10.9 Å². The van der Waals surface area contributed by atoms with E-state index >= 15 is 0 Å². The van der Waals surface area contributed by atoms with Crippen molar-refractivity contribution in [3.05, 3.63) is 68.8 Å². The first-order valence-electron chi connectivity index (χ1n) is 9.63. The number of amides is 1. The molecule has 0 bridgehead atoms. The number of piperazine rings is 1. The minimum absolute atomic E-state index is 0.0131. The third-order valence-corrected chi connectivity index (χ3v) is 8.02. The van der Waals surface area contributed by atoms with Gasteiger partial charge in [0.05, 0.1) is 19.9 Å². The van der Waals surface area contributed by atoms with Gasteiger partial charge in [0.1, 0.15) is 6.54 Å². The number of hydrogen-bond donors (Lipinski definition) is 0. The Balaban J connectivity index is 1.42. The molecular weight excluding hydrogens is 479 g/mol. The number of carbonyl (C=O) groups is 1. The van der Waals surface area contributed by atoms with Gasteiger partial charge < -0.3 is 9.47 Å². The Labute approximate surface area is 193 Å². The van der Waals surface area contributed by atoms with Crippen LogP contribution in [0.3, 0.4) is 0 Å². The highest BCUT2D eigenvalue weighted by Gasteiger charge is 2.30. The summed E-state index contributed by atoms with van der Waals surface area (Å²) in [4.78, 5) is 24.9. The average molecular weight is 497 g/mol. The molecule has 0 N–H and O–H groups in total. The van der Waals surface area contributed by atoms with Gasteiger partial charge in [0, 0.05) is 55.4 Å². The molecule has 12 heteroatoms. The minimum Gasteiger partial charge on any atom is -0.339 e. The van der Waals surface area contributed by atoms with E-state index in [0.717, 1.165) is 0 Å². The van der Waals surface area contributed by atoms with Gasteiger partial charge >= 0.3 is 0 Å². The largest absolute Gasteiger partial charge is 0.339 e. The highest BCUT2D eigenvalue weighted by atomic mass is 35.5. The number of nitrogens with zero attached hydrogens (tertiary/aromatic N) is 4. The summed E-state index contributed by atoms with van der Waals surface area (Å²) in [6.45, 7) is 0.884. The summed E-state index contributed by atoms with van der Waals surface area (Å²) in [6.07, 6.45) is 1.71. The van der Waals surface area contributed by atoms with Crippen LogP contribution in [0, 0.1) is 10.1 Å². The number of halogens is 2. The van der Waals surface area contributed by atoms with Gasteiger partial charge in [-0.05, 0) is 30.3 Å². The molecule has 0 unspecified atom stereocenters.